The van der Waals surface area contributed by atoms with Crippen LogP contribution in [0.25, 0.3) is 10.9 Å². The Morgan fingerprint density at radius 3 is 2.85 bits per heavy atom. The van der Waals surface area contributed by atoms with Gasteiger partial charge < -0.3 is 9.88 Å². The third kappa shape index (κ3) is 3.37. The Kier molecular flexibility index (Phi) is 5.12. The van der Waals surface area contributed by atoms with E-state index in [0.29, 0.717) is 6.04 Å². The average molecular weight is 290 g/mol. The predicted octanol–water partition coefficient (Wildman–Crippen LogP) is 3.48. The summed E-state index contributed by atoms with van der Waals surface area (Å²) in [5.74, 6) is 2.30. The van der Waals surface area contributed by atoms with Crippen LogP contribution in [-0.4, -0.2) is 22.1 Å². The van der Waals surface area contributed by atoms with Crippen molar-refractivity contribution in [2.45, 2.75) is 26.3 Å². The van der Waals surface area contributed by atoms with Gasteiger partial charge in [-0.2, -0.15) is 11.8 Å². The van der Waals surface area contributed by atoms with E-state index in [0.717, 1.165) is 34.5 Å². The van der Waals surface area contributed by atoms with Crippen molar-refractivity contribution in [3.63, 3.8) is 0 Å². The Hall–Kier alpha value is -1.42. The van der Waals surface area contributed by atoms with Gasteiger partial charge in [0.25, 0.3) is 5.56 Å². The Balaban J connectivity index is 2.26. The highest BCUT2D eigenvalue weighted by Gasteiger charge is 2.08. The molecule has 1 atom stereocenters. The van der Waals surface area contributed by atoms with Crippen LogP contribution in [0.1, 0.15) is 20.3 Å². The van der Waals surface area contributed by atoms with Crippen LogP contribution < -0.4 is 10.9 Å². The lowest BCUT2D eigenvalue weighted by Crippen LogP contribution is -2.21. The van der Waals surface area contributed by atoms with Crippen molar-refractivity contribution in [3.8, 4) is 0 Å². The Morgan fingerprint density at radius 1 is 1.35 bits per heavy atom. The summed E-state index contributed by atoms with van der Waals surface area (Å²) >= 11 is 1.95. The van der Waals surface area contributed by atoms with E-state index in [1.54, 1.807) is 10.6 Å². The van der Waals surface area contributed by atoms with Crippen LogP contribution in [-0.2, 0) is 7.05 Å². The van der Waals surface area contributed by atoms with Crippen LogP contribution in [0.4, 0.5) is 5.69 Å². The van der Waals surface area contributed by atoms with Crippen molar-refractivity contribution < 1.29 is 0 Å². The molecule has 0 aliphatic rings. The minimum Gasteiger partial charge on any atom is -0.382 e. The van der Waals surface area contributed by atoms with Crippen LogP contribution in [0.3, 0.4) is 0 Å². The molecular weight excluding hydrogens is 268 g/mol. The van der Waals surface area contributed by atoms with E-state index in [-0.39, 0.29) is 5.56 Å². The smallest absolute Gasteiger partial charge is 0.252 e. The number of aryl methyl sites for hydroxylation is 1. The number of rotatable bonds is 6. The largest absolute Gasteiger partial charge is 0.382 e. The first-order chi connectivity index (χ1) is 9.63. The third-order valence-electron chi connectivity index (χ3n) is 3.46. The second-order valence-electron chi connectivity index (χ2n) is 5.00. The topological polar surface area (TPSA) is 34.0 Å². The molecule has 0 radical (unpaired) electrons. The van der Waals surface area contributed by atoms with Gasteiger partial charge in [-0.25, -0.2) is 0 Å². The number of anilines is 1. The van der Waals surface area contributed by atoms with Gasteiger partial charge in [0.1, 0.15) is 0 Å². The minimum absolute atomic E-state index is 0.0290. The first-order valence-electron chi connectivity index (χ1n) is 7.06. The summed E-state index contributed by atoms with van der Waals surface area (Å²) in [5, 5.41) is 4.59. The number of fused-ring (bicyclic) bond motifs is 1. The quantitative estimate of drug-likeness (QED) is 0.827. The minimum atomic E-state index is 0.0290. The van der Waals surface area contributed by atoms with Crippen molar-refractivity contribution in [2.24, 2.45) is 7.05 Å². The van der Waals surface area contributed by atoms with Gasteiger partial charge in [-0.3, -0.25) is 4.79 Å². The van der Waals surface area contributed by atoms with Crippen LogP contribution in [0.5, 0.6) is 0 Å². The van der Waals surface area contributed by atoms with Crippen LogP contribution in [0.2, 0.25) is 0 Å². The summed E-state index contributed by atoms with van der Waals surface area (Å²) in [5.41, 5.74) is 1.94. The van der Waals surface area contributed by atoms with Gasteiger partial charge in [-0.15, -0.1) is 0 Å². The molecule has 4 heteroatoms. The fourth-order valence-electron chi connectivity index (χ4n) is 2.27. The third-order valence-corrected chi connectivity index (χ3v) is 4.39. The predicted molar refractivity (Wildman–Crippen MR) is 89.9 cm³/mol. The highest BCUT2D eigenvalue weighted by Crippen LogP contribution is 2.22. The van der Waals surface area contributed by atoms with Crippen molar-refractivity contribution in [1.82, 2.24) is 4.57 Å². The number of thioether (sulfide) groups is 1. The standard InChI is InChI=1S/C16H22N2OS/c1-4-20-10-9-12(2)17-14-11-16(19)18(3)15-8-6-5-7-13(14)15/h5-8,11-12,17H,4,9-10H2,1-3H3. The van der Waals surface area contributed by atoms with E-state index in [4.69, 9.17) is 0 Å². The number of pyridine rings is 1. The van der Waals surface area contributed by atoms with E-state index in [1.807, 2.05) is 37.0 Å². The van der Waals surface area contributed by atoms with Crippen molar-refractivity contribution in [1.29, 1.82) is 0 Å². The van der Waals surface area contributed by atoms with E-state index in [2.05, 4.69) is 25.2 Å². The van der Waals surface area contributed by atoms with Gasteiger partial charge in [0.05, 0.1) is 5.52 Å². The Labute approximate surface area is 124 Å². The molecule has 2 rings (SSSR count). The number of hydrogen-bond donors (Lipinski definition) is 1. The molecule has 0 aliphatic carbocycles. The second-order valence-corrected chi connectivity index (χ2v) is 6.40. The molecule has 1 aromatic heterocycles. The molecule has 1 N–H and O–H groups in total. The Bertz CT molecular complexity index is 636. The van der Waals surface area contributed by atoms with Crippen molar-refractivity contribution >= 4 is 28.4 Å². The summed E-state index contributed by atoms with van der Waals surface area (Å²) in [6.45, 7) is 4.35. The first-order valence-corrected chi connectivity index (χ1v) is 8.22. The van der Waals surface area contributed by atoms with E-state index in [1.165, 1.54) is 0 Å². The number of nitrogens with one attached hydrogen (secondary N) is 1. The lowest BCUT2D eigenvalue weighted by molar-refractivity contribution is 0.771. The molecule has 3 nitrogen and oxygen atoms in total. The van der Waals surface area contributed by atoms with Gasteiger partial charge >= 0.3 is 0 Å². The van der Waals surface area contributed by atoms with E-state index in [9.17, 15) is 4.79 Å². The molecule has 108 valence electrons. The van der Waals surface area contributed by atoms with Crippen LogP contribution >= 0.6 is 11.8 Å². The highest BCUT2D eigenvalue weighted by atomic mass is 32.2. The monoisotopic (exact) mass is 290 g/mol. The molecule has 0 saturated carbocycles. The number of aromatic nitrogens is 1. The summed E-state index contributed by atoms with van der Waals surface area (Å²) < 4.78 is 1.69. The summed E-state index contributed by atoms with van der Waals surface area (Å²) in [4.78, 5) is 12.0. The zero-order valence-corrected chi connectivity index (χ0v) is 13.2. The van der Waals surface area contributed by atoms with Crippen LogP contribution in [0.15, 0.2) is 35.1 Å². The van der Waals surface area contributed by atoms with Gasteiger partial charge in [-0.05, 0) is 30.9 Å². The molecule has 0 fully saturated rings. The number of para-hydroxylation sites is 1. The van der Waals surface area contributed by atoms with Crippen LogP contribution in [0, 0.1) is 0 Å². The fourth-order valence-corrected chi connectivity index (χ4v) is 3.08. The fraction of sp³-hybridized carbons (Fsp3) is 0.438. The van der Waals surface area contributed by atoms with Gasteiger partial charge in [-0.1, -0.05) is 25.1 Å². The molecule has 0 saturated heterocycles. The average Bonchev–Trinajstić information content (AvgIpc) is 2.45. The maximum absolute atomic E-state index is 12.0. The molecule has 0 amide bonds. The van der Waals surface area contributed by atoms with E-state index >= 15 is 0 Å². The molecule has 2 aromatic rings. The maximum atomic E-state index is 12.0. The molecule has 0 bridgehead atoms. The molecule has 20 heavy (non-hydrogen) atoms. The molecule has 1 unspecified atom stereocenters. The molecule has 0 aliphatic heterocycles. The number of benzene rings is 1. The molecular formula is C16H22N2OS. The van der Waals surface area contributed by atoms with Gasteiger partial charge in [0.2, 0.25) is 0 Å². The van der Waals surface area contributed by atoms with E-state index < -0.39 is 0 Å². The zero-order chi connectivity index (χ0) is 14.5. The summed E-state index contributed by atoms with van der Waals surface area (Å²) in [6.07, 6.45) is 1.10. The van der Waals surface area contributed by atoms with Gasteiger partial charge in [0, 0.05) is 30.2 Å². The summed E-state index contributed by atoms with van der Waals surface area (Å²) in [6, 6.07) is 10.1. The van der Waals surface area contributed by atoms with Crippen molar-refractivity contribution in [2.75, 3.05) is 16.8 Å². The number of hydrogen-bond acceptors (Lipinski definition) is 3. The first kappa shape index (κ1) is 15.0. The Morgan fingerprint density at radius 2 is 2.10 bits per heavy atom. The van der Waals surface area contributed by atoms with Crippen molar-refractivity contribution in [3.05, 3.63) is 40.7 Å². The number of nitrogens with zero attached hydrogens (tertiary/aromatic N) is 1. The maximum Gasteiger partial charge on any atom is 0.252 e. The lowest BCUT2D eigenvalue weighted by atomic mass is 10.1. The molecule has 1 aromatic carbocycles. The van der Waals surface area contributed by atoms with Gasteiger partial charge in [0.15, 0.2) is 0 Å². The zero-order valence-electron chi connectivity index (χ0n) is 12.3. The highest BCUT2D eigenvalue weighted by molar-refractivity contribution is 7.99. The SMILES string of the molecule is CCSCCC(C)Nc1cc(=O)n(C)c2ccccc12. The summed E-state index contributed by atoms with van der Waals surface area (Å²) in [7, 11) is 1.82. The lowest BCUT2D eigenvalue weighted by Gasteiger charge is -2.17. The molecule has 1 heterocycles. The second kappa shape index (κ2) is 6.84. The molecule has 0 spiro atoms. The normalized spacial score (nSPS) is 12.6.